The maximum absolute atomic E-state index is 13.4. The van der Waals surface area contributed by atoms with E-state index in [1.807, 2.05) is 30.3 Å². The lowest BCUT2D eigenvalue weighted by Crippen LogP contribution is -2.38. The number of fused-ring (bicyclic) bond motifs is 1. The van der Waals surface area contributed by atoms with Gasteiger partial charge in [-0.25, -0.2) is 4.98 Å². The van der Waals surface area contributed by atoms with Crippen molar-refractivity contribution < 1.29 is 9.59 Å². The third kappa shape index (κ3) is 3.68. The van der Waals surface area contributed by atoms with E-state index < -0.39 is 0 Å². The summed E-state index contributed by atoms with van der Waals surface area (Å²) < 4.78 is 2.06. The number of nitrogens with zero attached hydrogens (tertiary/aromatic N) is 3. The zero-order valence-electron chi connectivity index (χ0n) is 18.8. The lowest BCUT2D eigenvalue weighted by molar-refractivity contribution is 0.0712. The first-order valence-electron chi connectivity index (χ1n) is 11.6. The summed E-state index contributed by atoms with van der Waals surface area (Å²) in [6.07, 6.45) is 11.3. The number of imidazole rings is 1. The molecule has 1 saturated heterocycles. The molecule has 1 aliphatic carbocycles. The molecule has 0 radical (unpaired) electrons. The number of carbonyl (C=O) groups excluding carboxylic acids is 2. The summed E-state index contributed by atoms with van der Waals surface area (Å²) in [5.74, 6) is 0.814. The molecule has 0 atom stereocenters. The Kier molecular flexibility index (Phi) is 5.45. The second-order valence-corrected chi connectivity index (χ2v) is 9.18. The molecule has 2 fully saturated rings. The molecule has 1 saturated carbocycles. The van der Waals surface area contributed by atoms with E-state index in [1.54, 1.807) is 7.05 Å². The van der Waals surface area contributed by atoms with E-state index in [0.717, 1.165) is 55.5 Å². The van der Waals surface area contributed by atoms with Crippen LogP contribution in [0.3, 0.4) is 0 Å². The molecule has 6 heteroatoms. The van der Waals surface area contributed by atoms with Crippen LogP contribution in [-0.2, 0) is 0 Å². The fraction of sp³-hybridized carbons (Fsp3) is 0.423. The van der Waals surface area contributed by atoms with Crippen molar-refractivity contribution in [3.05, 3.63) is 70.7 Å². The Morgan fingerprint density at radius 2 is 1.81 bits per heavy atom. The van der Waals surface area contributed by atoms with Crippen LogP contribution in [0, 0.1) is 6.92 Å². The average Bonchev–Trinajstić information content (AvgIpc) is 3.25. The molecule has 3 aromatic rings. The summed E-state index contributed by atoms with van der Waals surface area (Å²) in [6, 6.07) is 8.13. The Morgan fingerprint density at radius 3 is 2.50 bits per heavy atom. The van der Waals surface area contributed by atoms with Gasteiger partial charge in [0, 0.05) is 49.9 Å². The summed E-state index contributed by atoms with van der Waals surface area (Å²) >= 11 is 0. The Balaban J connectivity index is 1.33. The number of benzene rings is 1. The van der Waals surface area contributed by atoms with E-state index in [9.17, 15) is 9.59 Å². The lowest BCUT2D eigenvalue weighted by atomic mass is 9.77. The average molecular weight is 431 g/mol. The topological polar surface area (TPSA) is 66.7 Å². The van der Waals surface area contributed by atoms with E-state index >= 15 is 0 Å². The van der Waals surface area contributed by atoms with Gasteiger partial charge >= 0.3 is 0 Å². The molecule has 2 aliphatic rings. The van der Waals surface area contributed by atoms with Crippen LogP contribution in [0.4, 0.5) is 0 Å². The quantitative estimate of drug-likeness (QED) is 0.671. The van der Waals surface area contributed by atoms with Gasteiger partial charge in [-0.1, -0.05) is 18.6 Å². The van der Waals surface area contributed by atoms with Crippen molar-refractivity contribution in [1.29, 1.82) is 0 Å². The van der Waals surface area contributed by atoms with Gasteiger partial charge < -0.3 is 14.6 Å². The summed E-state index contributed by atoms with van der Waals surface area (Å²) in [4.78, 5) is 32.3. The van der Waals surface area contributed by atoms with Crippen LogP contribution < -0.4 is 5.32 Å². The number of aryl methyl sites for hydroxylation is 1. The van der Waals surface area contributed by atoms with Crippen molar-refractivity contribution >= 4 is 17.5 Å². The van der Waals surface area contributed by atoms with E-state index in [2.05, 4.69) is 39.1 Å². The smallest absolute Gasteiger partial charge is 0.254 e. The Labute approximate surface area is 188 Å². The van der Waals surface area contributed by atoms with Crippen LogP contribution in [0.25, 0.3) is 5.65 Å². The molecule has 1 aromatic carbocycles. The third-order valence-electron chi connectivity index (χ3n) is 7.31. The number of piperidine rings is 1. The highest BCUT2D eigenvalue weighted by molar-refractivity contribution is 6.01. The number of likely N-dealkylation sites (tertiary alicyclic amines) is 1. The van der Waals surface area contributed by atoms with Crippen LogP contribution in [0.1, 0.15) is 81.3 Å². The van der Waals surface area contributed by atoms with Crippen molar-refractivity contribution in [1.82, 2.24) is 19.6 Å². The first-order chi connectivity index (χ1) is 15.5. The molecule has 32 heavy (non-hydrogen) atoms. The van der Waals surface area contributed by atoms with Gasteiger partial charge in [-0.15, -0.1) is 0 Å². The normalized spacial score (nSPS) is 17.4. The second kappa shape index (κ2) is 8.41. The molecular weight excluding hydrogens is 400 g/mol. The minimum Gasteiger partial charge on any atom is -0.355 e. The van der Waals surface area contributed by atoms with Crippen LogP contribution in [-0.4, -0.2) is 46.2 Å². The van der Waals surface area contributed by atoms with Crippen molar-refractivity contribution in [3.63, 3.8) is 0 Å². The zero-order valence-corrected chi connectivity index (χ0v) is 18.8. The van der Waals surface area contributed by atoms with Crippen LogP contribution in [0.15, 0.2) is 42.9 Å². The number of hydrogen-bond acceptors (Lipinski definition) is 3. The number of hydrogen-bond donors (Lipinski definition) is 1. The number of rotatable bonds is 4. The summed E-state index contributed by atoms with van der Waals surface area (Å²) in [5, 5.41) is 2.75. The van der Waals surface area contributed by atoms with Gasteiger partial charge in [-0.05, 0) is 73.3 Å². The van der Waals surface area contributed by atoms with Crippen molar-refractivity contribution in [2.45, 2.75) is 50.9 Å². The highest BCUT2D eigenvalue weighted by Crippen LogP contribution is 2.39. The molecule has 0 spiro atoms. The highest BCUT2D eigenvalue weighted by atomic mass is 16.2. The van der Waals surface area contributed by atoms with Crippen molar-refractivity contribution in [3.8, 4) is 0 Å². The third-order valence-corrected chi connectivity index (χ3v) is 7.31. The van der Waals surface area contributed by atoms with Crippen molar-refractivity contribution in [2.24, 2.45) is 0 Å². The highest BCUT2D eigenvalue weighted by Gasteiger charge is 2.29. The minimum absolute atomic E-state index is 0.0383. The fourth-order valence-electron chi connectivity index (χ4n) is 5.11. The Morgan fingerprint density at radius 1 is 1.03 bits per heavy atom. The molecule has 0 unspecified atom stereocenters. The first kappa shape index (κ1) is 20.7. The van der Waals surface area contributed by atoms with Gasteiger partial charge in [0.15, 0.2) is 0 Å². The van der Waals surface area contributed by atoms with E-state index in [0.29, 0.717) is 23.0 Å². The number of carbonyl (C=O) groups is 2. The summed E-state index contributed by atoms with van der Waals surface area (Å²) in [6.45, 7) is 3.45. The minimum atomic E-state index is -0.102. The Bertz CT molecular complexity index is 1170. The molecule has 2 aromatic heterocycles. The second-order valence-electron chi connectivity index (χ2n) is 9.18. The van der Waals surface area contributed by atoms with E-state index in [4.69, 9.17) is 0 Å². The molecule has 0 bridgehead atoms. The summed E-state index contributed by atoms with van der Waals surface area (Å²) in [5.41, 5.74) is 5.63. The number of amides is 2. The first-order valence-corrected chi connectivity index (χ1v) is 11.6. The van der Waals surface area contributed by atoms with Crippen LogP contribution in [0.5, 0.6) is 0 Å². The predicted octanol–water partition coefficient (Wildman–Crippen LogP) is 4.29. The van der Waals surface area contributed by atoms with E-state index in [1.165, 1.54) is 12.0 Å². The largest absolute Gasteiger partial charge is 0.355 e. The molecular formula is C26H30N4O2. The van der Waals surface area contributed by atoms with Gasteiger partial charge in [0.05, 0.1) is 0 Å². The molecule has 6 nitrogen and oxygen atoms in total. The predicted molar refractivity (Wildman–Crippen MR) is 124 cm³/mol. The molecule has 5 rings (SSSR count). The Hall–Kier alpha value is -3.15. The monoisotopic (exact) mass is 430 g/mol. The zero-order chi connectivity index (χ0) is 22.2. The molecule has 1 aliphatic heterocycles. The molecule has 1 N–H and O–H groups in total. The number of pyridine rings is 1. The number of aromatic nitrogens is 2. The summed E-state index contributed by atoms with van der Waals surface area (Å²) in [7, 11) is 1.65. The maximum Gasteiger partial charge on any atom is 0.254 e. The van der Waals surface area contributed by atoms with Gasteiger partial charge in [0.2, 0.25) is 0 Å². The fourth-order valence-corrected chi connectivity index (χ4v) is 5.11. The van der Waals surface area contributed by atoms with Gasteiger partial charge in [0.25, 0.3) is 11.8 Å². The van der Waals surface area contributed by atoms with Crippen molar-refractivity contribution in [2.75, 3.05) is 20.1 Å². The van der Waals surface area contributed by atoms with Gasteiger partial charge in [-0.3, -0.25) is 9.59 Å². The lowest BCUT2D eigenvalue weighted by Gasteiger charge is -2.33. The maximum atomic E-state index is 13.4. The molecule has 3 heterocycles. The van der Waals surface area contributed by atoms with Gasteiger partial charge in [0.1, 0.15) is 5.65 Å². The SMILES string of the molecule is CNC(=O)c1cc(C(=O)N2CCC(c3ccc4nccn4c3)CC2)c(C)cc1C1CCC1. The number of nitrogens with one attached hydrogen (secondary N) is 1. The van der Waals surface area contributed by atoms with Gasteiger partial charge in [-0.2, -0.15) is 0 Å². The molecule has 2 amide bonds. The van der Waals surface area contributed by atoms with E-state index in [-0.39, 0.29) is 11.8 Å². The standard InChI is InChI=1S/C26H30N4O2/c1-17-14-22(19-4-3-5-19)23(25(31)27-2)15-21(17)26(32)29-11-8-18(9-12-29)20-6-7-24-28-10-13-30(24)16-20/h6-7,10,13-16,18-19H,3-5,8-9,11-12H2,1-2H3,(H,27,31). The van der Waals surface area contributed by atoms with Crippen LogP contribution >= 0.6 is 0 Å². The molecule has 166 valence electrons. The van der Waals surface area contributed by atoms with Crippen LogP contribution in [0.2, 0.25) is 0 Å².